The van der Waals surface area contributed by atoms with Crippen molar-refractivity contribution in [2.45, 2.75) is 39.2 Å². The van der Waals surface area contributed by atoms with Gasteiger partial charge in [-0.1, -0.05) is 6.92 Å². The number of hydrogen-bond acceptors (Lipinski definition) is 3. The summed E-state index contributed by atoms with van der Waals surface area (Å²) in [6.45, 7) is 4.93. The first-order valence-electron chi connectivity index (χ1n) is 6.47. The molecule has 0 radical (unpaired) electrons. The summed E-state index contributed by atoms with van der Waals surface area (Å²) in [5, 5.41) is 9.05. The molecule has 3 unspecified atom stereocenters. The molecule has 1 N–H and O–H groups in total. The number of methoxy groups -OCH3 is 1. The summed E-state index contributed by atoms with van der Waals surface area (Å²) in [5.74, 6) is -0.928. The van der Waals surface area contributed by atoms with Crippen LogP contribution in [0.15, 0.2) is 0 Å². The number of amides is 1. The molecule has 1 fully saturated rings. The molecule has 104 valence electrons. The minimum Gasteiger partial charge on any atom is -0.481 e. The van der Waals surface area contributed by atoms with Crippen molar-refractivity contribution < 1.29 is 19.4 Å². The van der Waals surface area contributed by atoms with Crippen LogP contribution in [0.5, 0.6) is 0 Å². The zero-order chi connectivity index (χ0) is 13.7. The predicted molar refractivity (Wildman–Crippen MR) is 67.2 cm³/mol. The smallest absolute Gasteiger partial charge is 0.308 e. The number of aliphatic carboxylic acids is 1. The maximum absolute atomic E-state index is 12.0. The summed E-state index contributed by atoms with van der Waals surface area (Å²) in [5.41, 5.74) is 0. The van der Waals surface area contributed by atoms with Gasteiger partial charge in [0.2, 0.25) is 5.91 Å². The highest BCUT2D eigenvalue weighted by atomic mass is 16.5. The molecule has 0 spiro atoms. The van der Waals surface area contributed by atoms with E-state index in [0.717, 1.165) is 0 Å². The zero-order valence-corrected chi connectivity index (χ0v) is 11.4. The summed E-state index contributed by atoms with van der Waals surface area (Å²) in [4.78, 5) is 24.7. The number of likely N-dealkylation sites (tertiary alicyclic amines) is 1. The van der Waals surface area contributed by atoms with E-state index in [4.69, 9.17) is 9.84 Å². The van der Waals surface area contributed by atoms with Gasteiger partial charge in [0.25, 0.3) is 0 Å². The molecule has 0 aliphatic carbocycles. The Morgan fingerprint density at radius 3 is 2.67 bits per heavy atom. The van der Waals surface area contributed by atoms with Crippen LogP contribution in [0.4, 0.5) is 0 Å². The summed E-state index contributed by atoms with van der Waals surface area (Å²) in [7, 11) is 1.62. The highest BCUT2D eigenvalue weighted by Gasteiger charge is 2.31. The Labute approximate surface area is 108 Å². The monoisotopic (exact) mass is 257 g/mol. The molecule has 1 aliphatic rings. The van der Waals surface area contributed by atoms with E-state index in [9.17, 15) is 9.59 Å². The molecule has 1 amide bonds. The van der Waals surface area contributed by atoms with Crippen LogP contribution in [0.1, 0.15) is 33.1 Å². The molecule has 18 heavy (non-hydrogen) atoms. The lowest BCUT2D eigenvalue weighted by Gasteiger charge is -2.34. The molecule has 3 atom stereocenters. The van der Waals surface area contributed by atoms with Gasteiger partial charge in [-0.25, -0.2) is 0 Å². The highest BCUT2D eigenvalue weighted by molar-refractivity contribution is 5.78. The van der Waals surface area contributed by atoms with Gasteiger partial charge in [-0.2, -0.15) is 0 Å². The fourth-order valence-corrected chi connectivity index (χ4v) is 2.34. The van der Waals surface area contributed by atoms with Crippen molar-refractivity contribution >= 4 is 11.9 Å². The van der Waals surface area contributed by atoms with E-state index < -0.39 is 11.9 Å². The van der Waals surface area contributed by atoms with Gasteiger partial charge in [0.05, 0.1) is 12.0 Å². The third-order valence-electron chi connectivity index (χ3n) is 3.53. The molecular formula is C13H23NO4. The number of rotatable bonds is 5. The van der Waals surface area contributed by atoms with Crippen LogP contribution >= 0.6 is 0 Å². The number of hydrogen-bond donors (Lipinski definition) is 1. The minimum atomic E-state index is -0.801. The van der Waals surface area contributed by atoms with Crippen LogP contribution in [0.2, 0.25) is 0 Å². The Morgan fingerprint density at radius 2 is 2.11 bits per heavy atom. The molecule has 5 heteroatoms. The molecule has 1 saturated heterocycles. The standard InChI is InChI=1S/C13H23NO4/c1-9-6-11(13(16)17)8-14(7-9)12(15)5-4-10(2)18-3/h9-11H,4-8H2,1-3H3,(H,16,17). The Balaban J connectivity index is 2.49. The van der Waals surface area contributed by atoms with Crippen molar-refractivity contribution in [3.05, 3.63) is 0 Å². The number of carbonyl (C=O) groups is 2. The molecule has 1 aliphatic heterocycles. The van der Waals surface area contributed by atoms with Crippen LogP contribution in [0.25, 0.3) is 0 Å². The number of carboxylic acid groups (broad SMARTS) is 1. The van der Waals surface area contributed by atoms with E-state index in [-0.39, 0.29) is 17.9 Å². The minimum absolute atomic E-state index is 0.0386. The second kappa shape index (κ2) is 6.73. The topological polar surface area (TPSA) is 66.8 Å². The number of ether oxygens (including phenoxy) is 1. The first-order valence-corrected chi connectivity index (χ1v) is 6.47. The van der Waals surface area contributed by atoms with Gasteiger partial charge >= 0.3 is 5.97 Å². The maximum atomic E-state index is 12.0. The number of nitrogens with zero attached hydrogens (tertiary/aromatic N) is 1. The van der Waals surface area contributed by atoms with Crippen molar-refractivity contribution in [1.82, 2.24) is 4.90 Å². The lowest BCUT2D eigenvalue weighted by Crippen LogP contribution is -2.45. The number of piperidine rings is 1. The predicted octanol–water partition coefficient (Wildman–Crippen LogP) is 1.37. The Kier molecular flexibility index (Phi) is 5.59. The van der Waals surface area contributed by atoms with Crippen molar-refractivity contribution in [3.8, 4) is 0 Å². The molecule has 0 saturated carbocycles. The fraction of sp³-hybridized carbons (Fsp3) is 0.846. The van der Waals surface area contributed by atoms with E-state index in [1.54, 1.807) is 12.0 Å². The quantitative estimate of drug-likeness (QED) is 0.807. The first-order chi connectivity index (χ1) is 8.43. The van der Waals surface area contributed by atoms with E-state index in [0.29, 0.717) is 32.4 Å². The summed E-state index contributed by atoms with van der Waals surface area (Å²) in [6.07, 6.45) is 1.83. The average molecular weight is 257 g/mol. The molecule has 0 aromatic carbocycles. The number of carbonyl (C=O) groups excluding carboxylic acids is 1. The van der Waals surface area contributed by atoms with Crippen LogP contribution < -0.4 is 0 Å². The van der Waals surface area contributed by atoms with Crippen molar-refractivity contribution in [1.29, 1.82) is 0 Å². The fourth-order valence-electron chi connectivity index (χ4n) is 2.34. The molecule has 0 aromatic rings. The first kappa shape index (κ1) is 15.0. The van der Waals surface area contributed by atoms with Crippen LogP contribution in [0.3, 0.4) is 0 Å². The SMILES string of the molecule is COC(C)CCC(=O)N1CC(C)CC(C(=O)O)C1. The second-order valence-corrected chi connectivity index (χ2v) is 5.26. The van der Waals surface area contributed by atoms with E-state index >= 15 is 0 Å². The molecule has 1 heterocycles. The molecule has 5 nitrogen and oxygen atoms in total. The zero-order valence-electron chi connectivity index (χ0n) is 11.4. The number of carboxylic acids is 1. The lowest BCUT2D eigenvalue weighted by atomic mass is 9.90. The van der Waals surface area contributed by atoms with Crippen LogP contribution in [-0.2, 0) is 14.3 Å². The van der Waals surface area contributed by atoms with Gasteiger partial charge in [-0.05, 0) is 25.7 Å². The maximum Gasteiger partial charge on any atom is 0.308 e. The molecule has 0 aromatic heterocycles. The lowest BCUT2D eigenvalue weighted by molar-refractivity contribution is -0.147. The average Bonchev–Trinajstić information content (AvgIpc) is 2.34. The Bertz CT molecular complexity index is 305. The van der Waals surface area contributed by atoms with Gasteiger partial charge in [-0.3, -0.25) is 9.59 Å². The van der Waals surface area contributed by atoms with Crippen LogP contribution in [0, 0.1) is 11.8 Å². The second-order valence-electron chi connectivity index (χ2n) is 5.26. The third-order valence-corrected chi connectivity index (χ3v) is 3.53. The molecule has 1 rings (SSSR count). The Morgan fingerprint density at radius 1 is 1.44 bits per heavy atom. The largest absolute Gasteiger partial charge is 0.481 e. The summed E-state index contributed by atoms with van der Waals surface area (Å²) in [6, 6.07) is 0. The van der Waals surface area contributed by atoms with E-state index in [1.165, 1.54) is 0 Å². The van der Waals surface area contributed by atoms with E-state index in [1.807, 2.05) is 13.8 Å². The van der Waals surface area contributed by atoms with Gasteiger partial charge in [0, 0.05) is 26.6 Å². The van der Waals surface area contributed by atoms with Crippen molar-refractivity contribution in [2.24, 2.45) is 11.8 Å². The van der Waals surface area contributed by atoms with Gasteiger partial charge in [0.1, 0.15) is 0 Å². The molecule has 0 bridgehead atoms. The van der Waals surface area contributed by atoms with Gasteiger partial charge in [0.15, 0.2) is 0 Å². The molecular weight excluding hydrogens is 234 g/mol. The Hall–Kier alpha value is -1.10. The van der Waals surface area contributed by atoms with Gasteiger partial charge < -0.3 is 14.7 Å². The highest BCUT2D eigenvalue weighted by Crippen LogP contribution is 2.22. The van der Waals surface area contributed by atoms with Gasteiger partial charge in [-0.15, -0.1) is 0 Å². The third kappa shape index (κ3) is 4.29. The summed E-state index contributed by atoms with van der Waals surface area (Å²) < 4.78 is 5.10. The van der Waals surface area contributed by atoms with Crippen molar-refractivity contribution in [2.75, 3.05) is 20.2 Å². The van der Waals surface area contributed by atoms with E-state index in [2.05, 4.69) is 0 Å². The van der Waals surface area contributed by atoms with Crippen molar-refractivity contribution in [3.63, 3.8) is 0 Å². The van der Waals surface area contributed by atoms with Crippen LogP contribution in [-0.4, -0.2) is 48.2 Å². The normalized spacial score (nSPS) is 25.8. The summed E-state index contributed by atoms with van der Waals surface area (Å²) >= 11 is 0.